The van der Waals surface area contributed by atoms with E-state index in [9.17, 15) is 13.6 Å². The molecule has 0 fully saturated rings. The van der Waals surface area contributed by atoms with E-state index in [2.05, 4.69) is 5.32 Å². The van der Waals surface area contributed by atoms with Crippen molar-refractivity contribution in [1.29, 1.82) is 0 Å². The highest BCUT2D eigenvalue weighted by Gasteiger charge is 2.28. The van der Waals surface area contributed by atoms with Gasteiger partial charge >= 0.3 is 0 Å². The number of nitrogens with one attached hydrogen (secondary N) is 1. The molecule has 0 unspecified atom stereocenters. The van der Waals surface area contributed by atoms with E-state index in [0.717, 1.165) is 17.7 Å². The lowest BCUT2D eigenvalue weighted by Crippen LogP contribution is -2.33. The summed E-state index contributed by atoms with van der Waals surface area (Å²) in [6.45, 7) is 3.58. The third-order valence-electron chi connectivity index (χ3n) is 3.28. The van der Waals surface area contributed by atoms with Gasteiger partial charge in [-0.2, -0.15) is 0 Å². The van der Waals surface area contributed by atoms with Gasteiger partial charge in [0.2, 0.25) is 5.91 Å². The molecule has 0 spiro atoms. The molecule has 0 atom stereocenters. The van der Waals surface area contributed by atoms with Gasteiger partial charge in [0.1, 0.15) is 11.6 Å². The van der Waals surface area contributed by atoms with Gasteiger partial charge in [-0.15, -0.1) is 0 Å². The van der Waals surface area contributed by atoms with E-state index in [4.69, 9.17) is 0 Å². The summed E-state index contributed by atoms with van der Waals surface area (Å²) in [5.74, 6) is -1.76. The van der Waals surface area contributed by atoms with Gasteiger partial charge in [-0.05, 0) is 24.1 Å². The minimum Gasteiger partial charge on any atom is -0.323 e. The van der Waals surface area contributed by atoms with Crippen LogP contribution in [0.2, 0.25) is 0 Å². The van der Waals surface area contributed by atoms with Crippen molar-refractivity contribution in [1.82, 2.24) is 0 Å². The molecule has 2 nitrogen and oxygen atoms in total. The van der Waals surface area contributed by atoms with Gasteiger partial charge in [-0.25, -0.2) is 8.78 Å². The largest absolute Gasteiger partial charge is 0.323 e. The normalized spacial score (nSPS) is 11.2. The van der Waals surface area contributed by atoms with Crippen molar-refractivity contribution in [2.45, 2.75) is 20.3 Å². The zero-order valence-corrected chi connectivity index (χ0v) is 12.0. The molecule has 0 saturated carbocycles. The summed E-state index contributed by atoms with van der Waals surface area (Å²) in [6, 6.07) is 12.7. The fraction of sp³-hybridized carbons (Fsp3) is 0.235. The van der Waals surface area contributed by atoms with Crippen LogP contribution in [-0.4, -0.2) is 5.91 Å². The smallest absolute Gasteiger partial charge is 0.230 e. The molecule has 2 aromatic rings. The molecule has 0 bridgehead atoms. The van der Waals surface area contributed by atoms with Crippen molar-refractivity contribution in [3.8, 4) is 0 Å². The lowest BCUT2D eigenvalue weighted by Gasteiger charge is -2.24. The first-order valence-corrected chi connectivity index (χ1v) is 6.69. The molecule has 0 aliphatic carbocycles. The van der Waals surface area contributed by atoms with Crippen molar-refractivity contribution in [3.63, 3.8) is 0 Å². The van der Waals surface area contributed by atoms with Crippen LogP contribution in [0.4, 0.5) is 14.5 Å². The fourth-order valence-electron chi connectivity index (χ4n) is 2.07. The number of carbonyl (C=O) groups is 1. The first-order chi connectivity index (χ1) is 9.88. The molecule has 0 aliphatic rings. The maximum atomic E-state index is 13.6. The van der Waals surface area contributed by atoms with Crippen LogP contribution in [0.1, 0.15) is 19.4 Å². The van der Waals surface area contributed by atoms with Gasteiger partial charge in [-0.3, -0.25) is 4.79 Å². The minimum absolute atomic E-state index is 0.0115. The number of hydrogen-bond acceptors (Lipinski definition) is 1. The summed E-state index contributed by atoms with van der Waals surface area (Å²) in [4.78, 5) is 12.3. The fourth-order valence-corrected chi connectivity index (χ4v) is 2.07. The summed E-state index contributed by atoms with van der Waals surface area (Å²) >= 11 is 0. The molecule has 0 aliphatic heterocycles. The number of amides is 1. The van der Waals surface area contributed by atoms with Crippen LogP contribution in [0, 0.1) is 17.0 Å². The van der Waals surface area contributed by atoms with Crippen LogP contribution >= 0.6 is 0 Å². The summed E-state index contributed by atoms with van der Waals surface area (Å²) in [5, 5.41) is 2.52. The Morgan fingerprint density at radius 2 is 1.76 bits per heavy atom. The standard InChI is InChI=1S/C17H17F2NO/c1-17(2,11-12-6-4-3-5-7-12)16(21)20-15-9-8-13(18)10-14(15)19/h3-10H,11H2,1-2H3,(H,20,21). The first-order valence-electron chi connectivity index (χ1n) is 6.69. The topological polar surface area (TPSA) is 29.1 Å². The van der Waals surface area contributed by atoms with Gasteiger partial charge in [-0.1, -0.05) is 44.2 Å². The van der Waals surface area contributed by atoms with Crippen molar-refractivity contribution in [2.75, 3.05) is 5.32 Å². The zero-order valence-electron chi connectivity index (χ0n) is 12.0. The molecule has 0 saturated heterocycles. The molecule has 2 aromatic carbocycles. The van der Waals surface area contributed by atoms with E-state index in [1.807, 2.05) is 30.3 Å². The van der Waals surface area contributed by atoms with Crippen LogP contribution < -0.4 is 5.32 Å². The molecular weight excluding hydrogens is 272 g/mol. The SMILES string of the molecule is CC(C)(Cc1ccccc1)C(=O)Nc1ccc(F)cc1F. The summed E-state index contributed by atoms with van der Waals surface area (Å²) in [6.07, 6.45) is 0.530. The van der Waals surface area contributed by atoms with Crippen molar-refractivity contribution in [3.05, 3.63) is 65.7 Å². The van der Waals surface area contributed by atoms with Crippen molar-refractivity contribution in [2.24, 2.45) is 5.41 Å². The average Bonchev–Trinajstić information content (AvgIpc) is 2.42. The Morgan fingerprint density at radius 1 is 1.10 bits per heavy atom. The van der Waals surface area contributed by atoms with Crippen molar-refractivity contribution < 1.29 is 13.6 Å². The molecule has 1 amide bonds. The highest BCUT2D eigenvalue weighted by Crippen LogP contribution is 2.25. The quantitative estimate of drug-likeness (QED) is 0.899. The van der Waals surface area contributed by atoms with Gasteiger partial charge in [0.05, 0.1) is 5.69 Å². The Hall–Kier alpha value is -2.23. The molecule has 2 rings (SSSR count). The molecule has 110 valence electrons. The van der Waals surface area contributed by atoms with Gasteiger partial charge in [0.25, 0.3) is 0 Å². The Labute approximate surface area is 122 Å². The maximum absolute atomic E-state index is 13.6. The van der Waals surface area contributed by atoms with Gasteiger partial charge in [0, 0.05) is 11.5 Å². The number of benzene rings is 2. The second-order valence-corrected chi connectivity index (χ2v) is 5.62. The molecule has 0 heterocycles. The first kappa shape index (κ1) is 15.2. The maximum Gasteiger partial charge on any atom is 0.230 e. The average molecular weight is 289 g/mol. The predicted molar refractivity (Wildman–Crippen MR) is 78.9 cm³/mol. The highest BCUT2D eigenvalue weighted by molar-refractivity contribution is 5.95. The summed E-state index contributed by atoms with van der Waals surface area (Å²) < 4.78 is 26.4. The van der Waals surface area contributed by atoms with Crippen LogP contribution in [0.15, 0.2) is 48.5 Å². The second kappa shape index (κ2) is 6.04. The lowest BCUT2D eigenvalue weighted by atomic mass is 9.84. The van der Waals surface area contributed by atoms with E-state index >= 15 is 0 Å². The van der Waals surface area contributed by atoms with Gasteiger partial charge < -0.3 is 5.32 Å². The lowest BCUT2D eigenvalue weighted by molar-refractivity contribution is -0.123. The number of carbonyl (C=O) groups excluding carboxylic acids is 1. The Bertz CT molecular complexity index is 638. The van der Waals surface area contributed by atoms with Crippen molar-refractivity contribution >= 4 is 11.6 Å². The molecule has 1 N–H and O–H groups in total. The van der Waals surface area contributed by atoms with Crippen LogP contribution in [0.3, 0.4) is 0 Å². The number of halogens is 2. The number of anilines is 1. The molecule has 0 radical (unpaired) electrons. The second-order valence-electron chi connectivity index (χ2n) is 5.62. The summed E-state index contributed by atoms with van der Waals surface area (Å²) in [5.41, 5.74) is 0.307. The molecule has 21 heavy (non-hydrogen) atoms. The third-order valence-corrected chi connectivity index (χ3v) is 3.28. The van der Waals surface area contributed by atoms with Crippen LogP contribution in [0.5, 0.6) is 0 Å². The van der Waals surface area contributed by atoms with E-state index in [-0.39, 0.29) is 11.6 Å². The van der Waals surface area contributed by atoms with Crippen LogP contribution in [-0.2, 0) is 11.2 Å². The monoisotopic (exact) mass is 289 g/mol. The Kier molecular flexibility index (Phi) is 4.36. The Balaban J connectivity index is 2.11. The van der Waals surface area contributed by atoms with Gasteiger partial charge in [0.15, 0.2) is 0 Å². The van der Waals surface area contributed by atoms with E-state index in [1.54, 1.807) is 13.8 Å². The third kappa shape index (κ3) is 3.88. The van der Waals surface area contributed by atoms with Crippen LogP contribution in [0.25, 0.3) is 0 Å². The number of rotatable bonds is 4. The zero-order chi connectivity index (χ0) is 15.5. The number of hydrogen-bond donors (Lipinski definition) is 1. The Morgan fingerprint density at radius 3 is 2.38 bits per heavy atom. The highest BCUT2D eigenvalue weighted by atomic mass is 19.1. The van der Waals surface area contributed by atoms with E-state index < -0.39 is 17.0 Å². The molecule has 4 heteroatoms. The van der Waals surface area contributed by atoms with E-state index in [0.29, 0.717) is 6.42 Å². The minimum atomic E-state index is -0.779. The predicted octanol–water partition coefficient (Wildman–Crippen LogP) is 4.17. The van der Waals surface area contributed by atoms with E-state index in [1.165, 1.54) is 6.07 Å². The molecule has 0 aromatic heterocycles. The summed E-state index contributed by atoms with van der Waals surface area (Å²) in [7, 11) is 0. The molecular formula is C17H17F2NO.